The molecule has 1 saturated carbocycles. The normalized spacial score (nSPS) is 13.9. The molecule has 0 bridgehead atoms. The fraction of sp³-hybridized carbons (Fsp3) is 0.375. The number of carbonyl (C=O) groups is 2. The largest absolute Gasteiger partial charge is 0.348 e. The molecule has 0 saturated heterocycles. The van der Waals surface area contributed by atoms with E-state index in [0.717, 1.165) is 61.0 Å². The molecule has 6 nitrogen and oxygen atoms in total. The summed E-state index contributed by atoms with van der Waals surface area (Å²) in [5, 5.41) is 6.19. The van der Waals surface area contributed by atoms with Gasteiger partial charge in [-0.3, -0.25) is 9.59 Å². The van der Waals surface area contributed by atoms with E-state index < -0.39 is 0 Å². The van der Waals surface area contributed by atoms with Crippen LogP contribution in [0.2, 0.25) is 0 Å². The number of carbonyl (C=O) groups excluding carboxylic acids is 2. The molecule has 0 spiro atoms. The van der Waals surface area contributed by atoms with E-state index in [-0.39, 0.29) is 17.7 Å². The third-order valence-corrected chi connectivity index (χ3v) is 7.38. The second kappa shape index (κ2) is 13.9. The molecule has 0 aliphatic heterocycles. The predicted octanol–water partition coefficient (Wildman–Crippen LogP) is 5.27. The summed E-state index contributed by atoms with van der Waals surface area (Å²) in [4.78, 5) is 28.4. The van der Waals surface area contributed by atoms with E-state index in [4.69, 9.17) is 5.73 Å². The van der Waals surface area contributed by atoms with Crippen LogP contribution in [0.15, 0.2) is 72.8 Å². The average Bonchev–Trinajstić information content (AvgIpc) is 2.97. The van der Waals surface area contributed by atoms with Crippen molar-refractivity contribution >= 4 is 17.5 Å². The Hall–Kier alpha value is -3.48. The van der Waals surface area contributed by atoms with Gasteiger partial charge in [-0.1, -0.05) is 79.9 Å². The van der Waals surface area contributed by atoms with Crippen molar-refractivity contribution in [2.45, 2.75) is 58.2 Å². The summed E-state index contributed by atoms with van der Waals surface area (Å²) in [7, 11) is 2.09. The highest BCUT2D eigenvalue weighted by Gasteiger charge is 2.22. The Morgan fingerprint density at radius 1 is 0.895 bits per heavy atom. The Kier molecular flexibility index (Phi) is 10.1. The Morgan fingerprint density at radius 3 is 2.32 bits per heavy atom. The van der Waals surface area contributed by atoms with E-state index in [1.165, 1.54) is 12.0 Å². The first-order chi connectivity index (χ1) is 18.5. The smallest absolute Gasteiger partial charge is 0.251 e. The third kappa shape index (κ3) is 8.01. The maximum atomic E-state index is 13.1. The Labute approximate surface area is 226 Å². The molecular formula is C32H40N4O2. The van der Waals surface area contributed by atoms with Crippen LogP contribution in [-0.2, 0) is 30.8 Å². The van der Waals surface area contributed by atoms with Gasteiger partial charge in [0.2, 0.25) is 5.91 Å². The van der Waals surface area contributed by atoms with Gasteiger partial charge in [-0.05, 0) is 60.7 Å². The zero-order valence-corrected chi connectivity index (χ0v) is 22.4. The van der Waals surface area contributed by atoms with Crippen LogP contribution in [0.25, 0.3) is 0 Å². The van der Waals surface area contributed by atoms with Crippen molar-refractivity contribution in [3.8, 4) is 0 Å². The van der Waals surface area contributed by atoms with Crippen LogP contribution in [0.5, 0.6) is 0 Å². The number of nitrogens with zero attached hydrogens (tertiary/aromatic N) is 1. The molecule has 1 aliphatic rings. The minimum absolute atomic E-state index is 0.0429. The van der Waals surface area contributed by atoms with E-state index in [1.807, 2.05) is 48.5 Å². The number of nitrogens with two attached hydrogens (primary N) is 1. The number of hydrogen-bond donors (Lipinski definition) is 3. The molecule has 4 rings (SSSR count). The zero-order chi connectivity index (χ0) is 26.7. The van der Waals surface area contributed by atoms with E-state index in [0.29, 0.717) is 25.2 Å². The van der Waals surface area contributed by atoms with Crippen LogP contribution in [0.4, 0.5) is 5.69 Å². The van der Waals surface area contributed by atoms with Crippen molar-refractivity contribution in [1.29, 1.82) is 0 Å². The number of likely N-dealkylation sites (N-methyl/N-ethyl adjacent to an activating group) is 1. The molecule has 0 unspecified atom stereocenters. The average molecular weight is 513 g/mol. The second-order valence-electron chi connectivity index (χ2n) is 10.4. The van der Waals surface area contributed by atoms with E-state index in [9.17, 15) is 9.59 Å². The molecule has 2 amide bonds. The zero-order valence-electron chi connectivity index (χ0n) is 22.4. The van der Waals surface area contributed by atoms with Crippen molar-refractivity contribution in [3.63, 3.8) is 0 Å². The molecule has 0 aromatic heterocycles. The number of anilines is 1. The Balaban J connectivity index is 1.45. The first-order valence-corrected chi connectivity index (χ1v) is 13.7. The Morgan fingerprint density at radius 2 is 1.61 bits per heavy atom. The molecule has 4 N–H and O–H groups in total. The van der Waals surface area contributed by atoms with Crippen molar-refractivity contribution in [2.24, 2.45) is 11.7 Å². The minimum atomic E-state index is -0.162. The maximum absolute atomic E-state index is 13.1. The first-order valence-electron chi connectivity index (χ1n) is 13.7. The monoisotopic (exact) mass is 512 g/mol. The quantitative estimate of drug-likeness (QED) is 0.327. The lowest BCUT2D eigenvalue weighted by molar-refractivity contribution is -0.120. The number of rotatable bonds is 11. The summed E-state index contributed by atoms with van der Waals surface area (Å²) in [6.07, 6.45) is 6.21. The summed E-state index contributed by atoms with van der Waals surface area (Å²) in [5.74, 6) is -0.0538. The predicted molar refractivity (Wildman–Crippen MR) is 154 cm³/mol. The van der Waals surface area contributed by atoms with Crippen molar-refractivity contribution in [1.82, 2.24) is 10.2 Å². The highest BCUT2D eigenvalue weighted by Crippen LogP contribution is 2.27. The number of nitrogens with one attached hydrogen (secondary N) is 2. The fourth-order valence-corrected chi connectivity index (χ4v) is 4.98. The standard InChI is InChI=1S/C32H40N4O2/c1-36(19-18-24-8-4-2-5-9-24)23-29-17-16-28(20-30(29)35-32(38)27-10-6-3-7-11-27)31(37)34-22-26-14-12-25(21-33)13-15-26/h2,4-5,8-9,12-17,20,27H,3,6-7,10-11,18-19,21-23,33H2,1H3,(H,34,37)(H,35,38). The van der Waals surface area contributed by atoms with Crippen LogP contribution < -0.4 is 16.4 Å². The van der Waals surface area contributed by atoms with Gasteiger partial charge in [-0.15, -0.1) is 0 Å². The van der Waals surface area contributed by atoms with Gasteiger partial charge in [-0.25, -0.2) is 0 Å². The summed E-state index contributed by atoms with van der Waals surface area (Å²) in [6.45, 7) is 2.50. The van der Waals surface area contributed by atoms with E-state index in [1.54, 1.807) is 0 Å². The van der Waals surface area contributed by atoms with Crippen LogP contribution in [-0.4, -0.2) is 30.3 Å². The highest BCUT2D eigenvalue weighted by atomic mass is 16.2. The van der Waals surface area contributed by atoms with Crippen molar-refractivity contribution in [2.75, 3.05) is 18.9 Å². The van der Waals surface area contributed by atoms with E-state index in [2.05, 4.69) is 46.8 Å². The second-order valence-corrected chi connectivity index (χ2v) is 10.4. The molecule has 0 atom stereocenters. The van der Waals surface area contributed by atoms with Crippen LogP contribution in [0.3, 0.4) is 0 Å². The molecule has 3 aromatic rings. The van der Waals surface area contributed by atoms with Crippen molar-refractivity contribution in [3.05, 3.63) is 101 Å². The Bertz CT molecular complexity index is 1190. The summed E-state index contributed by atoms with van der Waals surface area (Å²) in [6, 6.07) is 24.0. The highest BCUT2D eigenvalue weighted by molar-refractivity contribution is 5.98. The van der Waals surface area contributed by atoms with E-state index >= 15 is 0 Å². The molecule has 1 aliphatic carbocycles. The molecule has 1 fully saturated rings. The van der Waals surface area contributed by atoms with Gasteiger partial charge in [0.25, 0.3) is 5.91 Å². The molecule has 0 heterocycles. The first kappa shape index (κ1) is 27.6. The summed E-state index contributed by atoms with van der Waals surface area (Å²) >= 11 is 0. The number of hydrogen-bond acceptors (Lipinski definition) is 4. The van der Waals surface area contributed by atoms with Gasteiger partial charge in [0.1, 0.15) is 0 Å². The van der Waals surface area contributed by atoms with Gasteiger partial charge in [-0.2, -0.15) is 0 Å². The lowest BCUT2D eigenvalue weighted by Crippen LogP contribution is -2.27. The molecule has 200 valence electrons. The van der Waals surface area contributed by atoms with Crippen LogP contribution in [0, 0.1) is 5.92 Å². The van der Waals surface area contributed by atoms with Gasteiger partial charge in [0, 0.05) is 43.3 Å². The third-order valence-electron chi connectivity index (χ3n) is 7.38. The van der Waals surface area contributed by atoms with Gasteiger partial charge in [0.05, 0.1) is 0 Å². The summed E-state index contributed by atoms with van der Waals surface area (Å²) in [5.41, 5.74) is 11.3. The fourth-order valence-electron chi connectivity index (χ4n) is 4.98. The lowest BCUT2D eigenvalue weighted by Gasteiger charge is -2.23. The van der Waals surface area contributed by atoms with Crippen LogP contribution in [0.1, 0.15) is 64.7 Å². The van der Waals surface area contributed by atoms with Crippen molar-refractivity contribution < 1.29 is 9.59 Å². The minimum Gasteiger partial charge on any atom is -0.348 e. The molecule has 0 radical (unpaired) electrons. The van der Waals surface area contributed by atoms with Gasteiger partial charge >= 0.3 is 0 Å². The maximum Gasteiger partial charge on any atom is 0.251 e. The number of amides is 2. The van der Waals surface area contributed by atoms with Gasteiger partial charge in [0.15, 0.2) is 0 Å². The molecule has 3 aromatic carbocycles. The summed E-state index contributed by atoms with van der Waals surface area (Å²) < 4.78 is 0. The molecule has 6 heteroatoms. The molecular weight excluding hydrogens is 472 g/mol. The van der Waals surface area contributed by atoms with Crippen LogP contribution >= 0.6 is 0 Å². The molecule has 38 heavy (non-hydrogen) atoms. The SMILES string of the molecule is CN(CCc1ccccc1)Cc1ccc(C(=O)NCc2ccc(CN)cc2)cc1NC(=O)C1CCCCC1. The van der Waals surface area contributed by atoms with Gasteiger partial charge < -0.3 is 21.3 Å². The lowest BCUT2D eigenvalue weighted by atomic mass is 9.88. The number of benzene rings is 3. The topological polar surface area (TPSA) is 87.5 Å².